The van der Waals surface area contributed by atoms with E-state index in [0.29, 0.717) is 11.8 Å². The van der Waals surface area contributed by atoms with Gasteiger partial charge in [-0.25, -0.2) is 0 Å². The molecule has 0 aromatic heterocycles. The van der Waals surface area contributed by atoms with E-state index in [4.69, 9.17) is 0 Å². The van der Waals surface area contributed by atoms with Gasteiger partial charge in [-0.05, 0) is 86.2 Å². The van der Waals surface area contributed by atoms with Crippen LogP contribution in [0.15, 0.2) is 48.5 Å². The van der Waals surface area contributed by atoms with Gasteiger partial charge in [0.05, 0.1) is 0 Å². The molecule has 2 aromatic carbocycles. The normalized spacial score (nSPS) is 22.2. The van der Waals surface area contributed by atoms with Crippen molar-refractivity contribution in [3.05, 3.63) is 65.2 Å². The van der Waals surface area contributed by atoms with E-state index >= 15 is 0 Å². The second kappa shape index (κ2) is 10.3. The highest BCUT2D eigenvalue weighted by Crippen LogP contribution is 2.34. The fourth-order valence-electron chi connectivity index (χ4n) is 5.43. The van der Waals surface area contributed by atoms with Crippen LogP contribution in [0.2, 0.25) is 0 Å². The molecule has 2 atom stereocenters. The summed E-state index contributed by atoms with van der Waals surface area (Å²) >= 11 is 0. The minimum absolute atomic E-state index is 0.672. The number of nitrogens with zero attached hydrogens (tertiary/aromatic N) is 1. The highest BCUT2D eigenvalue weighted by Gasteiger charge is 2.30. The van der Waals surface area contributed by atoms with Crippen LogP contribution in [-0.4, -0.2) is 31.1 Å². The van der Waals surface area contributed by atoms with E-state index in [1.165, 1.54) is 82.3 Å². The molecule has 1 fully saturated rings. The molecule has 0 radical (unpaired) electrons. The van der Waals surface area contributed by atoms with Gasteiger partial charge < -0.3 is 10.2 Å². The summed E-state index contributed by atoms with van der Waals surface area (Å²) in [5, 5.41) is 3.90. The Kier molecular flexibility index (Phi) is 7.27. The van der Waals surface area contributed by atoms with Crippen molar-refractivity contribution in [1.29, 1.82) is 0 Å². The summed E-state index contributed by atoms with van der Waals surface area (Å²) in [6.07, 6.45) is 10.5. The summed E-state index contributed by atoms with van der Waals surface area (Å²) in [5.41, 5.74) is 6.09. The Balaban J connectivity index is 1.46. The third-order valence-corrected chi connectivity index (χ3v) is 7.07. The number of likely N-dealkylation sites (tertiary alicyclic amines) is 1. The molecule has 1 heterocycles. The number of hydrogen-bond donors (Lipinski definition) is 1. The Bertz CT molecular complexity index is 754. The van der Waals surface area contributed by atoms with Crippen LogP contribution in [0.3, 0.4) is 0 Å². The van der Waals surface area contributed by atoms with Crippen molar-refractivity contribution in [2.75, 3.05) is 31.5 Å². The number of benzene rings is 2. The standard InChI is InChI=1S/C27H38N2/c1-2-3-9-18-29-19-17-25(22-11-5-4-6-12-22)24(21-29)20-28-27-16-10-14-23-13-7-8-15-26(23)27/h4-6,10-12,14,16,24-25,28H,2-3,7-9,13,15,17-21H2,1H3/t24-,25+/m0/s1. The number of rotatable bonds is 8. The van der Waals surface area contributed by atoms with Crippen LogP contribution in [0.25, 0.3) is 0 Å². The van der Waals surface area contributed by atoms with Gasteiger partial charge in [-0.15, -0.1) is 0 Å². The first-order chi connectivity index (χ1) is 14.3. The van der Waals surface area contributed by atoms with Crippen molar-refractivity contribution >= 4 is 5.69 Å². The largest absolute Gasteiger partial charge is 0.384 e. The van der Waals surface area contributed by atoms with Gasteiger partial charge in [-0.2, -0.15) is 0 Å². The first-order valence-electron chi connectivity index (χ1n) is 12.0. The smallest absolute Gasteiger partial charge is 0.0375 e. The van der Waals surface area contributed by atoms with Crippen molar-refractivity contribution in [3.8, 4) is 0 Å². The zero-order chi connectivity index (χ0) is 19.9. The van der Waals surface area contributed by atoms with Crippen LogP contribution in [0.5, 0.6) is 0 Å². The van der Waals surface area contributed by atoms with E-state index < -0.39 is 0 Å². The lowest BCUT2D eigenvalue weighted by Gasteiger charge is -2.39. The Morgan fingerprint density at radius 3 is 2.69 bits per heavy atom. The third kappa shape index (κ3) is 5.22. The van der Waals surface area contributed by atoms with Crippen LogP contribution in [0.1, 0.15) is 68.1 Å². The summed E-state index contributed by atoms with van der Waals surface area (Å²) in [6.45, 7) is 7.13. The fraction of sp³-hybridized carbons (Fsp3) is 0.556. The second-order valence-electron chi connectivity index (χ2n) is 9.10. The summed E-state index contributed by atoms with van der Waals surface area (Å²) in [6, 6.07) is 18.1. The molecule has 1 aliphatic carbocycles. The Morgan fingerprint density at radius 2 is 1.83 bits per heavy atom. The summed E-state index contributed by atoms with van der Waals surface area (Å²) < 4.78 is 0. The molecule has 2 nitrogen and oxygen atoms in total. The highest BCUT2D eigenvalue weighted by molar-refractivity contribution is 5.55. The molecule has 1 saturated heterocycles. The van der Waals surface area contributed by atoms with Crippen molar-refractivity contribution in [3.63, 3.8) is 0 Å². The van der Waals surface area contributed by atoms with Gasteiger partial charge >= 0.3 is 0 Å². The maximum Gasteiger partial charge on any atom is 0.0375 e. The van der Waals surface area contributed by atoms with E-state index in [0.717, 1.165) is 6.54 Å². The molecule has 1 aliphatic heterocycles. The molecule has 2 heteroatoms. The van der Waals surface area contributed by atoms with Crippen LogP contribution >= 0.6 is 0 Å². The summed E-state index contributed by atoms with van der Waals surface area (Å²) in [5.74, 6) is 1.35. The Morgan fingerprint density at radius 1 is 0.966 bits per heavy atom. The number of fused-ring (bicyclic) bond motifs is 1. The second-order valence-corrected chi connectivity index (χ2v) is 9.10. The van der Waals surface area contributed by atoms with Gasteiger partial charge in [0.2, 0.25) is 0 Å². The lowest BCUT2D eigenvalue weighted by molar-refractivity contribution is 0.157. The lowest BCUT2D eigenvalue weighted by atomic mass is 9.80. The van der Waals surface area contributed by atoms with Crippen LogP contribution in [0, 0.1) is 5.92 Å². The summed E-state index contributed by atoms with van der Waals surface area (Å²) in [4.78, 5) is 2.72. The molecule has 0 bridgehead atoms. The number of anilines is 1. The average molecular weight is 391 g/mol. The molecule has 29 heavy (non-hydrogen) atoms. The number of hydrogen-bond acceptors (Lipinski definition) is 2. The number of nitrogens with one attached hydrogen (secondary N) is 1. The minimum atomic E-state index is 0.672. The molecule has 0 spiro atoms. The van der Waals surface area contributed by atoms with Crippen molar-refractivity contribution < 1.29 is 0 Å². The van der Waals surface area contributed by atoms with Gasteiger partial charge in [0, 0.05) is 18.8 Å². The number of piperidine rings is 1. The molecular weight excluding hydrogens is 352 g/mol. The maximum absolute atomic E-state index is 3.90. The molecule has 156 valence electrons. The first-order valence-corrected chi connectivity index (χ1v) is 12.0. The van der Waals surface area contributed by atoms with Gasteiger partial charge in [0.15, 0.2) is 0 Å². The quantitative estimate of drug-likeness (QED) is 0.534. The highest BCUT2D eigenvalue weighted by atomic mass is 15.1. The van der Waals surface area contributed by atoms with E-state index in [1.807, 2.05) is 0 Å². The lowest BCUT2D eigenvalue weighted by Crippen LogP contribution is -2.42. The molecule has 0 unspecified atom stereocenters. The van der Waals surface area contributed by atoms with Crippen LogP contribution in [-0.2, 0) is 12.8 Å². The number of unbranched alkanes of at least 4 members (excludes halogenated alkanes) is 2. The molecule has 1 N–H and O–H groups in total. The van der Waals surface area contributed by atoms with Crippen molar-refractivity contribution in [2.24, 2.45) is 5.92 Å². The van der Waals surface area contributed by atoms with Crippen LogP contribution in [0.4, 0.5) is 5.69 Å². The van der Waals surface area contributed by atoms with Crippen molar-refractivity contribution in [1.82, 2.24) is 4.90 Å². The molecular formula is C27H38N2. The predicted octanol–water partition coefficient (Wildman–Crippen LogP) is 6.27. The van der Waals surface area contributed by atoms with E-state index in [9.17, 15) is 0 Å². The number of aryl methyl sites for hydroxylation is 1. The molecule has 2 aromatic rings. The van der Waals surface area contributed by atoms with Gasteiger partial charge in [0.1, 0.15) is 0 Å². The third-order valence-electron chi connectivity index (χ3n) is 7.07. The molecule has 0 saturated carbocycles. The molecule has 0 amide bonds. The van der Waals surface area contributed by atoms with E-state index in [-0.39, 0.29) is 0 Å². The fourth-order valence-corrected chi connectivity index (χ4v) is 5.43. The zero-order valence-electron chi connectivity index (χ0n) is 18.2. The average Bonchev–Trinajstić information content (AvgIpc) is 2.78. The van der Waals surface area contributed by atoms with E-state index in [1.54, 1.807) is 11.1 Å². The SMILES string of the molecule is CCCCCN1CC[C@H](c2ccccc2)[C@@H](CNc2cccc3c2CCCC3)C1. The minimum Gasteiger partial charge on any atom is -0.384 e. The van der Waals surface area contributed by atoms with Gasteiger partial charge in [-0.1, -0.05) is 62.2 Å². The van der Waals surface area contributed by atoms with Gasteiger partial charge in [0.25, 0.3) is 0 Å². The molecule has 2 aliphatic rings. The maximum atomic E-state index is 3.90. The monoisotopic (exact) mass is 390 g/mol. The van der Waals surface area contributed by atoms with Crippen molar-refractivity contribution in [2.45, 2.75) is 64.2 Å². The van der Waals surface area contributed by atoms with Gasteiger partial charge in [-0.3, -0.25) is 0 Å². The topological polar surface area (TPSA) is 15.3 Å². The van der Waals surface area contributed by atoms with E-state index in [2.05, 4.69) is 65.7 Å². The Labute approximate surface area is 177 Å². The predicted molar refractivity (Wildman–Crippen MR) is 125 cm³/mol. The zero-order valence-corrected chi connectivity index (χ0v) is 18.2. The van der Waals surface area contributed by atoms with Crippen LogP contribution < -0.4 is 5.32 Å². The Hall–Kier alpha value is -1.80. The molecule has 4 rings (SSSR count). The summed E-state index contributed by atoms with van der Waals surface area (Å²) in [7, 11) is 0. The first kappa shape index (κ1) is 20.5.